The van der Waals surface area contributed by atoms with Gasteiger partial charge in [0.25, 0.3) is 0 Å². The van der Waals surface area contributed by atoms with Crippen LogP contribution in [0.5, 0.6) is 0 Å². The first-order chi connectivity index (χ1) is 15.7. The molecule has 0 saturated carbocycles. The number of aryl methyl sites for hydroxylation is 1. The quantitative estimate of drug-likeness (QED) is 0.380. The van der Waals surface area contributed by atoms with E-state index in [1.165, 1.54) is 34.9 Å². The molecule has 3 N–H and O–H groups in total. The largest absolute Gasteiger partial charge is 0.397 e. The zero-order valence-corrected chi connectivity index (χ0v) is 18.9. The Labute approximate surface area is 189 Å². The van der Waals surface area contributed by atoms with Crippen molar-refractivity contribution < 1.29 is 4.74 Å². The minimum atomic E-state index is 0.798. The van der Waals surface area contributed by atoms with Gasteiger partial charge in [0.15, 0.2) is 0 Å². The predicted molar refractivity (Wildman–Crippen MR) is 133 cm³/mol. The zero-order valence-electron chi connectivity index (χ0n) is 18.9. The van der Waals surface area contributed by atoms with E-state index >= 15 is 0 Å². The van der Waals surface area contributed by atoms with E-state index in [0.717, 1.165) is 73.6 Å². The first kappa shape index (κ1) is 21.0. The molecule has 1 aliphatic rings. The second-order valence-corrected chi connectivity index (χ2v) is 8.85. The molecule has 1 fully saturated rings. The molecule has 0 unspecified atom stereocenters. The highest BCUT2D eigenvalue weighted by molar-refractivity contribution is 6.08. The summed E-state index contributed by atoms with van der Waals surface area (Å²) < 4.78 is 5.45. The lowest BCUT2D eigenvalue weighted by Gasteiger charge is -2.26. The van der Waals surface area contributed by atoms with Gasteiger partial charge in [-0.2, -0.15) is 0 Å². The van der Waals surface area contributed by atoms with E-state index < -0.39 is 0 Å². The van der Waals surface area contributed by atoms with Gasteiger partial charge < -0.3 is 15.5 Å². The van der Waals surface area contributed by atoms with Gasteiger partial charge in [-0.15, -0.1) is 0 Å². The summed E-state index contributed by atoms with van der Waals surface area (Å²) in [6, 6.07) is 17.6. The van der Waals surface area contributed by atoms with E-state index in [1.54, 1.807) is 0 Å². The van der Waals surface area contributed by atoms with E-state index in [1.807, 2.05) is 0 Å². The molecule has 32 heavy (non-hydrogen) atoms. The fraction of sp³-hybridized carbons (Fsp3) is 0.370. The molecule has 0 bridgehead atoms. The number of nitrogens with two attached hydrogens (primary N) is 1. The molecule has 4 aromatic rings. The third-order valence-corrected chi connectivity index (χ3v) is 6.51. The first-order valence-electron chi connectivity index (χ1n) is 11.8. The molecule has 0 radical (unpaired) electrons. The highest BCUT2D eigenvalue weighted by Crippen LogP contribution is 2.31. The summed E-state index contributed by atoms with van der Waals surface area (Å²) in [5, 5.41) is 2.27. The fourth-order valence-electron chi connectivity index (χ4n) is 4.61. The maximum Gasteiger partial charge on any atom is 0.138 e. The lowest BCUT2D eigenvalue weighted by molar-refractivity contribution is 0.0342. The number of pyridine rings is 1. The van der Waals surface area contributed by atoms with Crippen LogP contribution in [0.25, 0.3) is 33.1 Å². The van der Waals surface area contributed by atoms with Crippen LogP contribution in [0.15, 0.2) is 48.5 Å². The van der Waals surface area contributed by atoms with Gasteiger partial charge in [-0.05, 0) is 47.7 Å². The van der Waals surface area contributed by atoms with Crippen molar-refractivity contribution in [3.63, 3.8) is 0 Å². The molecule has 3 heterocycles. The Balaban J connectivity index is 1.41. The number of nitrogens with one attached hydrogen (secondary N) is 1. The van der Waals surface area contributed by atoms with Crippen molar-refractivity contribution in [3.8, 4) is 11.1 Å². The maximum absolute atomic E-state index is 6.37. The number of hydrogen-bond acceptors (Lipinski definition) is 4. The molecule has 5 heteroatoms. The standard InChI is InChI=1S/C27H32N4O/c1-2-3-4-5-26-24(28)17-23-22-16-21(10-11-25(22)29-27(23)30-26)20-8-6-19(7-9-20)18-31-12-14-32-15-13-31/h6-11,16-17H,2-5,12-15,18,28H2,1H3,(H,29,30). The highest BCUT2D eigenvalue weighted by atomic mass is 16.5. The van der Waals surface area contributed by atoms with Crippen LogP contribution in [-0.4, -0.2) is 41.2 Å². The van der Waals surface area contributed by atoms with Gasteiger partial charge in [-0.1, -0.05) is 50.1 Å². The molecule has 0 aliphatic carbocycles. The van der Waals surface area contributed by atoms with E-state index in [9.17, 15) is 0 Å². The van der Waals surface area contributed by atoms with E-state index in [-0.39, 0.29) is 0 Å². The summed E-state index contributed by atoms with van der Waals surface area (Å²) in [5.41, 5.74) is 14.0. The zero-order chi connectivity index (χ0) is 21.9. The molecule has 166 valence electrons. The normalized spacial score (nSPS) is 15.0. The van der Waals surface area contributed by atoms with Gasteiger partial charge in [-0.25, -0.2) is 4.98 Å². The van der Waals surface area contributed by atoms with Crippen molar-refractivity contribution in [2.45, 2.75) is 39.2 Å². The summed E-state index contributed by atoms with van der Waals surface area (Å²) in [6.45, 7) is 6.89. The van der Waals surface area contributed by atoms with Gasteiger partial charge in [-0.3, -0.25) is 4.90 Å². The van der Waals surface area contributed by atoms with Crippen LogP contribution < -0.4 is 5.73 Å². The summed E-state index contributed by atoms with van der Waals surface area (Å²) in [7, 11) is 0. The van der Waals surface area contributed by atoms with Crippen molar-refractivity contribution in [1.82, 2.24) is 14.9 Å². The minimum Gasteiger partial charge on any atom is -0.397 e. The van der Waals surface area contributed by atoms with E-state index in [2.05, 4.69) is 65.3 Å². The third-order valence-electron chi connectivity index (χ3n) is 6.51. The van der Waals surface area contributed by atoms with Gasteiger partial charge in [0.05, 0.1) is 24.6 Å². The average Bonchev–Trinajstić information content (AvgIpc) is 3.17. The molecule has 1 aliphatic heterocycles. The number of morpholine rings is 1. The second kappa shape index (κ2) is 9.31. The SMILES string of the molecule is CCCCCc1nc2[nH]c3ccc(-c4ccc(CN5CCOCC5)cc4)cc3c2cc1N. The number of nitrogen functional groups attached to an aromatic ring is 1. The summed E-state index contributed by atoms with van der Waals surface area (Å²) in [5.74, 6) is 0. The van der Waals surface area contributed by atoms with E-state index in [4.69, 9.17) is 15.5 Å². The Morgan fingerprint density at radius 2 is 1.75 bits per heavy atom. The molecule has 2 aromatic carbocycles. The smallest absolute Gasteiger partial charge is 0.138 e. The van der Waals surface area contributed by atoms with Crippen molar-refractivity contribution >= 4 is 27.6 Å². The minimum absolute atomic E-state index is 0.798. The van der Waals surface area contributed by atoms with Crippen LogP contribution >= 0.6 is 0 Å². The fourth-order valence-corrected chi connectivity index (χ4v) is 4.61. The third kappa shape index (κ3) is 4.36. The molecular formula is C27H32N4O. The topological polar surface area (TPSA) is 67.2 Å². The number of aromatic amines is 1. The summed E-state index contributed by atoms with van der Waals surface area (Å²) in [6.07, 6.45) is 4.48. The number of nitrogens with zero attached hydrogens (tertiary/aromatic N) is 2. The van der Waals surface area contributed by atoms with Crippen molar-refractivity contribution in [2.24, 2.45) is 0 Å². The van der Waals surface area contributed by atoms with Gasteiger partial charge in [0.2, 0.25) is 0 Å². The molecule has 5 rings (SSSR count). The molecule has 1 saturated heterocycles. The Hall–Kier alpha value is -2.89. The lowest BCUT2D eigenvalue weighted by atomic mass is 10.0. The monoisotopic (exact) mass is 428 g/mol. The number of unbranched alkanes of at least 4 members (excludes halogenated alkanes) is 2. The van der Waals surface area contributed by atoms with Crippen LogP contribution in [-0.2, 0) is 17.7 Å². The van der Waals surface area contributed by atoms with Crippen molar-refractivity contribution in [1.29, 1.82) is 0 Å². The molecule has 0 atom stereocenters. The van der Waals surface area contributed by atoms with Crippen molar-refractivity contribution in [3.05, 3.63) is 59.8 Å². The number of ether oxygens (including phenoxy) is 1. The number of hydrogen-bond donors (Lipinski definition) is 2. The van der Waals surface area contributed by atoms with Gasteiger partial charge in [0.1, 0.15) is 5.65 Å². The molecule has 0 spiro atoms. The number of benzene rings is 2. The summed E-state index contributed by atoms with van der Waals surface area (Å²) in [4.78, 5) is 10.8. The molecular weight excluding hydrogens is 396 g/mol. The molecule has 2 aromatic heterocycles. The number of fused-ring (bicyclic) bond motifs is 3. The number of H-pyrrole nitrogens is 1. The number of rotatable bonds is 7. The van der Waals surface area contributed by atoms with Crippen LogP contribution in [0.3, 0.4) is 0 Å². The maximum atomic E-state index is 6.37. The van der Waals surface area contributed by atoms with Crippen molar-refractivity contribution in [2.75, 3.05) is 32.0 Å². The summed E-state index contributed by atoms with van der Waals surface area (Å²) >= 11 is 0. The van der Waals surface area contributed by atoms with E-state index in [0.29, 0.717) is 0 Å². The Morgan fingerprint density at radius 3 is 2.53 bits per heavy atom. The lowest BCUT2D eigenvalue weighted by Crippen LogP contribution is -2.35. The van der Waals surface area contributed by atoms with Crippen LogP contribution in [0.1, 0.15) is 37.4 Å². The second-order valence-electron chi connectivity index (χ2n) is 8.85. The Morgan fingerprint density at radius 1 is 0.969 bits per heavy atom. The van der Waals surface area contributed by atoms with Crippen LogP contribution in [0, 0.1) is 0 Å². The first-order valence-corrected chi connectivity index (χ1v) is 11.8. The number of anilines is 1. The van der Waals surface area contributed by atoms with Crippen LogP contribution in [0.4, 0.5) is 5.69 Å². The average molecular weight is 429 g/mol. The Kier molecular flexibility index (Phi) is 6.10. The molecule has 0 amide bonds. The van der Waals surface area contributed by atoms with Crippen LogP contribution in [0.2, 0.25) is 0 Å². The van der Waals surface area contributed by atoms with Gasteiger partial charge in [0, 0.05) is 35.9 Å². The Bertz CT molecular complexity index is 1210. The van der Waals surface area contributed by atoms with Gasteiger partial charge >= 0.3 is 0 Å². The highest BCUT2D eigenvalue weighted by Gasteiger charge is 2.12. The number of aromatic nitrogens is 2. The predicted octanol–water partition coefficient (Wildman–Crippen LogP) is 5.53. The molecule has 5 nitrogen and oxygen atoms in total.